The monoisotopic (exact) mass is 249 g/mol. The van der Waals surface area contributed by atoms with E-state index in [-0.39, 0.29) is 12.5 Å². The minimum atomic E-state index is -0.529. The average molecular weight is 249 g/mol. The molecule has 0 unspecified atom stereocenters. The summed E-state index contributed by atoms with van der Waals surface area (Å²) >= 11 is 0. The lowest BCUT2D eigenvalue weighted by Crippen LogP contribution is -2.47. The van der Waals surface area contributed by atoms with Gasteiger partial charge in [0.05, 0.1) is 19.1 Å². The summed E-state index contributed by atoms with van der Waals surface area (Å²) in [6.45, 7) is 0.411. The van der Waals surface area contributed by atoms with Gasteiger partial charge in [0.1, 0.15) is 5.75 Å². The van der Waals surface area contributed by atoms with Crippen LogP contribution < -0.4 is 10.1 Å². The molecule has 1 fully saturated rings. The topological polar surface area (TPSA) is 58.6 Å². The van der Waals surface area contributed by atoms with Crippen molar-refractivity contribution in [1.29, 1.82) is 0 Å². The van der Waals surface area contributed by atoms with Crippen LogP contribution in [0.3, 0.4) is 0 Å². The SMILES string of the molecule is COc1cccc(CNC(=O)C2(CO)CCC2)c1. The molecule has 0 heterocycles. The number of methoxy groups -OCH3 is 1. The number of hydrogen-bond acceptors (Lipinski definition) is 3. The summed E-state index contributed by atoms with van der Waals surface area (Å²) in [5.41, 5.74) is 0.467. The van der Waals surface area contributed by atoms with E-state index in [2.05, 4.69) is 5.32 Å². The minimum absolute atomic E-state index is 0.0425. The van der Waals surface area contributed by atoms with Gasteiger partial charge in [-0.15, -0.1) is 0 Å². The van der Waals surface area contributed by atoms with E-state index in [4.69, 9.17) is 4.74 Å². The molecule has 0 bridgehead atoms. The van der Waals surface area contributed by atoms with Gasteiger partial charge in [0.15, 0.2) is 0 Å². The van der Waals surface area contributed by atoms with Crippen LogP contribution in [-0.2, 0) is 11.3 Å². The van der Waals surface area contributed by atoms with E-state index in [1.54, 1.807) is 7.11 Å². The van der Waals surface area contributed by atoms with Gasteiger partial charge < -0.3 is 15.2 Å². The van der Waals surface area contributed by atoms with Crippen LogP contribution in [0.25, 0.3) is 0 Å². The predicted molar refractivity (Wildman–Crippen MR) is 68.2 cm³/mol. The Balaban J connectivity index is 1.92. The van der Waals surface area contributed by atoms with Crippen molar-refractivity contribution in [3.63, 3.8) is 0 Å². The van der Waals surface area contributed by atoms with Crippen molar-refractivity contribution < 1.29 is 14.6 Å². The normalized spacial score (nSPS) is 16.8. The van der Waals surface area contributed by atoms with Crippen LogP contribution in [0, 0.1) is 5.41 Å². The maximum absolute atomic E-state index is 12.0. The second kappa shape index (κ2) is 5.40. The van der Waals surface area contributed by atoms with Crippen LogP contribution in [0.15, 0.2) is 24.3 Å². The molecule has 2 rings (SSSR count). The van der Waals surface area contributed by atoms with Gasteiger partial charge in [-0.2, -0.15) is 0 Å². The summed E-state index contributed by atoms with van der Waals surface area (Å²) < 4.78 is 5.13. The number of hydrogen-bond donors (Lipinski definition) is 2. The zero-order valence-corrected chi connectivity index (χ0v) is 10.6. The first-order chi connectivity index (χ1) is 8.70. The van der Waals surface area contributed by atoms with Crippen molar-refractivity contribution in [3.05, 3.63) is 29.8 Å². The fourth-order valence-corrected chi connectivity index (χ4v) is 2.21. The van der Waals surface area contributed by atoms with Gasteiger partial charge >= 0.3 is 0 Å². The predicted octanol–water partition coefficient (Wildman–Crippen LogP) is 1.47. The second-order valence-corrected chi connectivity index (χ2v) is 4.83. The molecule has 4 nitrogen and oxygen atoms in total. The summed E-state index contributed by atoms with van der Waals surface area (Å²) in [6, 6.07) is 7.60. The molecule has 0 aromatic heterocycles. The Bertz CT molecular complexity index is 421. The van der Waals surface area contributed by atoms with Gasteiger partial charge in [-0.05, 0) is 30.5 Å². The fraction of sp³-hybridized carbons (Fsp3) is 0.500. The number of benzene rings is 1. The largest absolute Gasteiger partial charge is 0.497 e. The Hall–Kier alpha value is -1.55. The lowest BCUT2D eigenvalue weighted by atomic mass is 9.68. The molecule has 0 atom stereocenters. The third-order valence-corrected chi connectivity index (χ3v) is 3.68. The van der Waals surface area contributed by atoms with Crippen molar-refractivity contribution >= 4 is 5.91 Å². The molecule has 1 aromatic rings. The molecule has 18 heavy (non-hydrogen) atoms. The molecule has 4 heteroatoms. The summed E-state index contributed by atoms with van der Waals surface area (Å²) in [5.74, 6) is 0.737. The Morgan fingerprint density at radius 1 is 1.50 bits per heavy atom. The highest BCUT2D eigenvalue weighted by Gasteiger charge is 2.43. The molecule has 1 aliphatic rings. The first-order valence-electron chi connectivity index (χ1n) is 6.22. The van der Waals surface area contributed by atoms with Crippen LogP contribution in [0.2, 0.25) is 0 Å². The maximum Gasteiger partial charge on any atom is 0.228 e. The average Bonchev–Trinajstić information content (AvgIpc) is 2.36. The summed E-state index contributed by atoms with van der Waals surface area (Å²) in [5, 5.41) is 12.2. The van der Waals surface area contributed by atoms with Gasteiger partial charge in [0.25, 0.3) is 0 Å². The Kier molecular flexibility index (Phi) is 3.87. The fourth-order valence-electron chi connectivity index (χ4n) is 2.21. The summed E-state index contributed by atoms with van der Waals surface area (Å²) in [4.78, 5) is 12.0. The molecule has 0 saturated heterocycles. The number of nitrogens with one attached hydrogen (secondary N) is 1. The van der Waals surface area contributed by atoms with E-state index in [9.17, 15) is 9.90 Å². The van der Waals surface area contributed by atoms with Gasteiger partial charge in [-0.1, -0.05) is 18.6 Å². The maximum atomic E-state index is 12.0. The minimum Gasteiger partial charge on any atom is -0.497 e. The molecule has 0 radical (unpaired) electrons. The van der Waals surface area contributed by atoms with E-state index >= 15 is 0 Å². The number of rotatable bonds is 5. The van der Waals surface area contributed by atoms with Crippen LogP contribution in [0.4, 0.5) is 0 Å². The van der Waals surface area contributed by atoms with Crippen molar-refractivity contribution in [2.45, 2.75) is 25.8 Å². The molecule has 1 aliphatic carbocycles. The number of amides is 1. The molecule has 1 saturated carbocycles. The van der Waals surface area contributed by atoms with E-state index in [1.807, 2.05) is 24.3 Å². The number of aliphatic hydroxyl groups excluding tert-OH is 1. The third-order valence-electron chi connectivity index (χ3n) is 3.68. The van der Waals surface area contributed by atoms with Crippen molar-refractivity contribution in [2.75, 3.05) is 13.7 Å². The van der Waals surface area contributed by atoms with Gasteiger partial charge in [-0.3, -0.25) is 4.79 Å². The third kappa shape index (κ3) is 2.48. The summed E-state index contributed by atoms with van der Waals surface area (Å²) in [7, 11) is 1.62. The van der Waals surface area contributed by atoms with E-state index < -0.39 is 5.41 Å². The van der Waals surface area contributed by atoms with Crippen molar-refractivity contribution in [2.24, 2.45) is 5.41 Å². The van der Waals surface area contributed by atoms with Crippen LogP contribution in [0.1, 0.15) is 24.8 Å². The number of carbonyl (C=O) groups excluding carboxylic acids is 1. The lowest BCUT2D eigenvalue weighted by Gasteiger charge is -2.38. The zero-order chi connectivity index (χ0) is 13.0. The second-order valence-electron chi connectivity index (χ2n) is 4.83. The Morgan fingerprint density at radius 3 is 2.83 bits per heavy atom. The van der Waals surface area contributed by atoms with Crippen LogP contribution in [0.5, 0.6) is 5.75 Å². The molecule has 0 aliphatic heterocycles. The highest BCUT2D eigenvalue weighted by molar-refractivity contribution is 5.83. The first kappa shape index (κ1) is 12.9. The number of ether oxygens (including phenoxy) is 1. The number of aliphatic hydroxyl groups is 1. The van der Waals surface area contributed by atoms with E-state index in [1.165, 1.54) is 0 Å². The smallest absolute Gasteiger partial charge is 0.228 e. The molecule has 2 N–H and O–H groups in total. The highest BCUT2D eigenvalue weighted by Crippen LogP contribution is 2.40. The van der Waals surface area contributed by atoms with Gasteiger partial charge in [0.2, 0.25) is 5.91 Å². The molecule has 1 aromatic carbocycles. The standard InChI is InChI=1S/C14H19NO3/c1-18-12-5-2-4-11(8-12)9-15-13(17)14(10-16)6-3-7-14/h2,4-5,8,16H,3,6-7,9-10H2,1H3,(H,15,17). The number of carbonyl (C=O) groups is 1. The van der Waals surface area contributed by atoms with Crippen LogP contribution in [-0.4, -0.2) is 24.7 Å². The Morgan fingerprint density at radius 2 is 2.28 bits per heavy atom. The van der Waals surface area contributed by atoms with Gasteiger partial charge in [0, 0.05) is 6.54 Å². The molecule has 1 amide bonds. The van der Waals surface area contributed by atoms with Gasteiger partial charge in [-0.25, -0.2) is 0 Å². The Labute approximate surface area is 107 Å². The van der Waals surface area contributed by atoms with Crippen molar-refractivity contribution in [3.8, 4) is 5.75 Å². The molecule has 0 spiro atoms. The quantitative estimate of drug-likeness (QED) is 0.831. The zero-order valence-electron chi connectivity index (χ0n) is 10.6. The van der Waals surface area contributed by atoms with E-state index in [0.717, 1.165) is 30.6 Å². The van der Waals surface area contributed by atoms with E-state index in [0.29, 0.717) is 6.54 Å². The molecule has 98 valence electrons. The van der Waals surface area contributed by atoms with Crippen molar-refractivity contribution in [1.82, 2.24) is 5.32 Å². The first-order valence-corrected chi connectivity index (χ1v) is 6.22. The highest BCUT2D eigenvalue weighted by atomic mass is 16.5. The molecular weight excluding hydrogens is 230 g/mol. The molecular formula is C14H19NO3. The summed E-state index contributed by atoms with van der Waals surface area (Å²) in [6.07, 6.45) is 2.59. The lowest BCUT2D eigenvalue weighted by molar-refractivity contribution is -0.139. The van der Waals surface area contributed by atoms with Crippen LogP contribution >= 0.6 is 0 Å².